The molecule has 0 saturated carbocycles. The van der Waals surface area contributed by atoms with Gasteiger partial charge in [-0.05, 0) is 37.6 Å². The average molecular weight is 486 g/mol. The molecule has 1 heterocycles. The van der Waals surface area contributed by atoms with Crippen LogP contribution >= 0.6 is 24.0 Å². The molecule has 0 bridgehead atoms. The Bertz CT molecular complexity index is 741. The van der Waals surface area contributed by atoms with Gasteiger partial charge in [0, 0.05) is 30.6 Å². The Kier molecular flexibility index (Phi) is 10.3. The van der Waals surface area contributed by atoms with E-state index in [1.165, 1.54) is 0 Å². The van der Waals surface area contributed by atoms with E-state index in [0.717, 1.165) is 17.8 Å². The molecule has 0 spiro atoms. The molecule has 0 aliphatic carbocycles. The first-order valence-corrected chi connectivity index (χ1v) is 8.55. The first kappa shape index (κ1) is 22.8. The van der Waals surface area contributed by atoms with Crippen LogP contribution in [0.3, 0.4) is 0 Å². The molecule has 0 unspecified atom stereocenters. The van der Waals surface area contributed by atoms with Crippen molar-refractivity contribution in [3.8, 4) is 17.4 Å². The van der Waals surface area contributed by atoms with Gasteiger partial charge in [0.1, 0.15) is 0 Å². The number of benzene rings is 1. The molecule has 2 N–H and O–H groups in total. The summed E-state index contributed by atoms with van der Waals surface area (Å²) >= 11 is 0. The van der Waals surface area contributed by atoms with Gasteiger partial charge in [-0.25, -0.2) is 9.98 Å². The van der Waals surface area contributed by atoms with Crippen molar-refractivity contribution < 1.29 is 14.2 Å². The number of hydrogen-bond donors (Lipinski definition) is 2. The summed E-state index contributed by atoms with van der Waals surface area (Å²) in [5.41, 5.74) is 1.88. The van der Waals surface area contributed by atoms with E-state index < -0.39 is 0 Å². The fourth-order valence-corrected chi connectivity index (χ4v) is 2.30. The predicted octanol–water partition coefficient (Wildman–Crippen LogP) is 3.69. The molecule has 1 aromatic heterocycles. The number of guanidine groups is 1. The highest BCUT2D eigenvalue weighted by atomic mass is 127. The number of hydrogen-bond acceptors (Lipinski definition) is 5. The second-order valence-corrected chi connectivity index (χ2v) is 5.33. The predicted molar refractivity (Wildman–Crippen MR) is 119 cm³/mol. The normalized spacial score (nSPS) is 10.6. The summed E-state index contributed by atoms with van der Waals surface area (Å²) in [5, 5.41) is 6.50. The summed E-state index contributed by atoms with van der Waals surface area (Å²) in [6.45, 7) is 5.79. The third kappa shape index (κ3) is 7.12. The summed E-state index contributed by atoms with van der Waals surface area (Å²) in [6.07, 6.45) is 1.73. The van der Waals surface area contributed by atoms with Gasteiger partial charge < -0.3 is 24.8 Å². The Hall–Kier alpha value is -2.23. The molecule has 8 heteroatoms. The highest BCUT2D eigenvalue weighted by Crippen LogP contribution is 2.29. The number of pyridine rings is 1. The number of nitrogens with one attached hydrogen (secondary N) is 2. The van der Waals surface area contributed by atoms with Crippen molar-refractivity contribution in [2.75, 3.05) is 32.7 Å². The van der Waals surface area contributed by atoms with Crippen LogP contribution in [0.15, 0.2) is 41.5 Å². The number of aromatic nitrogens is 1. The lowest BCUT2D eigenvalue weighted by Gasteiger charge is -2.14. The van der Waals surface area contributed by atoms with Gasteiger partial charge in [0.2, 0.25) is 5.88 Å². The topological polar surface area (TPSA) is 77.0 Å². The molecule has 1 aromatic carbocycles. The van der Waals surface area contributed by atoms with Crippen molar-refractivity contribution in [1.29, 1.82) is 0 Å². The van der Waals surface area contributed by atoms with Crippen LogP contribution in [0.4, 0.5) is 5.69 Å². The number of aliphatic imine (C=N–C) groups is 1. The van der Waals surface area contributed by atoms with Crippen LogP contribution in [0.2, 0.25) is 0 Å². The maximum absolute atomic E-state index is 5.43. The molecule has 2 aromatic rings. The maximum atomic E-state index is 5.43. The summed E-state index contributed by atoms with van der Waals surface area (Å²) < 4.78 is 16.0. The van der Waals surface area contributed by atoms with Crippen LogP contribution in [-0.4, -0.2) is 38.3 Å². The summed E-state index contributed by atoms with van der Waals surface area (Å²) in [5.74, 6) is 2.62. The van der Waals surface area contributed by atoms with Gasteiger partial charge in [-0.2, -0.15) is 0 Å². The van der Waals surface area contributed by atoms with Crippen LogP contribution in [0.5, 0.6) is 17.4 Å². The van der Waals surface area contributed by atoms with Crippen molar-refractivity contribution in [2.45, 2.75) is 20.4 Å². The molecule has 148 valence electrons. The van der Waals surface area contributed by atoms with E-state index in [2.05, 4.69) is 20.6 Å². The Labute approximate surface area is 177 Å². The van der Waals surface area contributed by atoms with E-state index in [9.17, 15) is 0 Å². The van der Waals surface area contributed by atoms with Gasteiger partial charge in [0.15, 0.2) is 17.5 Å². The number of rotatable bonds is 8. The number of ether oxygens (including phenoxy) is 3. The lowest BCUT2D eigenvalue weighted by atomic mass is 10.2. The van der Waals surface area contributed by atoms with Gasteiger partial charge in [-0.15, -0.1) is 24.0 Å². The number of anilines is 1. The Balaban J connectivity index is 0.00000364. The summed E-state index contributed by atoms with van der Waals surface area (Å²) in [6, 6.07) is 9.44. The van der Waals surface area contributed by atoms with Gasteiger partial charge in [-0.1, -0.05) is 0 Å². The van der Waals surface area contributed by atoms with Gasteiger partial charge >= 0.3 is 0 Å². The minimum Gasteiger partial charge on any atom is -0.493 e. The van der Waals surface area contributed by atoms with E-state index in [-0.39, 0.29) is 24.0 Å². The molecule has 27 heavy (non-hydrogen) atoms. The van der Waals surface area contributed by atoms with Crippen LogP contribution in [0.25, 0.3) is 0 Å². The monoisotopic (exact) mass is 486 g/mol. The maximum Gasteiger partial charge on any atom is 0.213 e. The fourth-order valence-electron chi connectivity index (χ4n) is 2.30. The second kappa shape index (κ2) is 12.2. The molecular formula is C19H27IN4O3. The third-order valence-electron chi connectivity index (χ3n) is 3.50. The number of nitrogens with zero attached hydrogens (tertiary/aromatic N) is 2. The van der Waals surface area contributed by atoms with Crippen molar-refractivity contribution in [3.05, 3.63) is 42.1 Å². The van der Waals surface area contributed by atoms with E-state index in [4.69, 9.17) is 14.2 Å². The molecule has 0 atom stereocenters. The highest BCUT2D eigenvalue weighted by Gasteiger charge is 2.06. The quantitative estimate of drug-likeness (QED) is 0.337. The highest BCUT2D eigenvalue weighted by molar-refractivity contribution is 14.0. The number of halogens is 1. The molecular weight excluding hydrogens is 459 g/mol. The summed E-state index contributed by atoms with van der Waals surface area (Å²) in [4.78, 5) is 8.79. The minimum atomic E-state index is 0. The molecule has 0 fully saturated rings. The average Bonchev–Trinajstić information content (AvgIpc) is 2.67. The van der Waals surface area contributed by atoms with Gasteiger partial charge in [-0.3, -0.25) is 0 Å². The van der Waals surface area contributed by atoms with Crippen LogP contribution in [0.1, 0.15) is 19.4 Å². The molecule has 0 radical (unpaired) electrons. The Morgan fingerprint density at radius 1 is 1.07 bits per heavy atom. The van der Waals surface area contributed by atoms with Gasteiger partial charge in [0.05, 0.1) is 27.4 Å². The first-order valence-electron chi connectivity index (χ1n) is 8.55. The van der Waals surface area contributed by atoms with Crippen LogP contribution in [-0.2, 0) is 6.54 Å². The SMILES string of the molecule is CCNC(=NCc1ccnc(OCC)c1)Nc1ccc(OC)c(OC)c1.I. The molecule has 2 rings (SSSR count). The van der Waals surface area contributed by atoms with Crippen molar-refractivity contribution in [2.24, 2.45) is 4.99 Å². The van der Waals surface area contributed by atoms with Crippen LogP contribution in [0, 0.1) is 0 Å². The fraction of sp³-hybridized carbons (Fsp3) is 0.368. The standard InChI is InChI=1S/C19H26N4O3.HI/c1-5-20-19(22-13-14-9-10-21-18(11-14)26-6-2)23-15-7-8-16(24-3)17(12-15)25-4;/h7-12H,5-6,13H2,1-4H3,(H2,20,22,23);1H. The van der Waals surface area contributed by atoms with E-state index in [1.807, 2.05) is 44.2 Å². The van der Waals surface area contributed by atoms with E-state index in [1.54, 1.807) is 20.4 Å². The lowest BCUT2D eigenvalue weighted by molar-refractivity contribution is 0.326. The molecule has 0 aliphatic heterocycles. The molecule has 7 nitrogen and oxygen atoms in total. The largest absolute Gasteiger partial charge is 0.493 e. The zero-order chi connectivity index (χ0) is 18.8. The first-order chi connectivity index (χ1) is 12.7. The molecule has 0 amide bonds. The van der Waals surface area contributed by atoms with Crippen LogP contribution < -0.4 is 24.8 Å². The number of methoxy groups -OCH3 is 2. The molecule has 0 aliphatic rings. The van der Waals surface area contributed by atoms with E-state index >= 15 is 0 Å². The van der Waals surface area contributed by atoms with E-state index in [0.29, 0.717) is 36.5 Å². The Morgan fingerprint density at radius 3 is 2.52 bits per heavy atom. The molecule has 0 saturated heterocycles. The van der Waals surface area contributed by atoms with Crippen molar-refractivity contribution >= 4 is 35.6 Å². The zero-order valence-electron chi connectivity index (χ0n) is 16.1. The van der Waals surface area contributed by atoms with Crippen molar-refractivity contribution in [1.82, 2.24) is 10.3 Å². The zero-order valence-corrected chi connectivity index (χ0v) is 18.4. The minimum absolute atomic E-state index is 0. The van der Waals surface area contributed by atoms with Gasteiger partial charge in [0.25, 0.3) is 0 Å². The summed E-state index contributed by atoms with van der Waals surface area (Å²) in [7, 11) is 3.22. The van der Waals surface area contributed by atoms with Crippen molar-refractivity contribution in [3.63, 3.8) is 0 Å². The third-order valence-corrected chi connectivity index (χ3v) is 3.50. The Morgan fingerprint density at radius 2 is 1.85 bits per heavy atom. The second-order valence-electron chi connectivity index (χ2n) is 5.33. The smallest absolute Gasteiger partial charge is 0.213 e. The lowest BCUT2D eigenvalue weighted by Crippen LogP contribution is -2.30.